The fourth-order valence-electron chi connectivity index (χ4n) is 2.39. The van der Waals surface area contributed by atoms with Crippen molar-refractivity contribution in [2.75, 3.05) is 27.2 Å². The Morgan fingerprint density at radius 3 is 2.57 bits per heavy atom. The molecule has 1 saturated heterocycles. The molecule has 1 heterocycles. The zero-order chi connectivity index (χ0) is 15.8. The Morgan fingerprint density at radius 1 is 1.38 bits per heavy atom. The van der Waals surface area contributed by atoms with Gasteiger partial charge in [-0.3, -0.25) is 0 Å². The van der Waals surface area contributed by atoms with Crippen LogP contribution < -0.4 is 0 Å². The number of nitrogens with zero attached hydrogens (tertiary/aromatic N) is 2. The minimum Gasteiger partial charge on any atom is -0.305 e. The Bertz CT molecular complexity index is 637. The fourth-order valence-corrected chi connectivity index (χ4v) is 4.21. The Morgan fingerprint density at radius 2 is 2.05 bits per heavy atom. The van der Waals surface area contributed by atoms with E-state index in [0.29, 0.717) is 19.5 Å². The summed E-state index contributed by atoms with van der Waals surface area (Å²) in [5.74, 6) is -2.35. The van der Waals surface area contributed by atoms with Gasteiger partial charge in [-0.05, 0) is 32.6 Å². The lowest BCUT2D eigenvalue weighted by Crippen LogP contribution is -2.35. The largest absolute Gasteiger partial charge is 0.305 e. The van der Waals surface area contributed by atoms with E-state index in [4.69, 9.17) is 11.6 Å². The van der Waals surface area contributed by atoms with E-state index in [9.17, 15) is 17.2 Å². The summed E-state index contributed by atoms with van der Waals surface area (Å²) < 4.78 is 53.9. The van der Waals surface area contributed by atoms with E-state index in [0.717, 1.165) is 12.1 Å². The quantitative estimate of drug-likeness (QED) is 0.789. The van der Waals surface area contributed by atoms with Crippen molar-refractivity contribution in [3.63, 3.8) is 0 Å². The lowest BCUT2D eigenvalue weighted by Gasteiger charge is -2.20. The first-order chi connectivity index (χ1) is 9.78. The van der Waals surface area contributed by atoms with Crippen molar-refractivity contribution in [2.24, 2.45) is 0 Å². The average molecular weight is 339 g/mol. The van der Waals surface area contributed by atoms with Crippen LogP contribution in [0.4, 0.5) is 8.78 Å². The minimum absolute atomic E-state index is 0.0933. The molecule has 0 aromatic heterocycles. The van der Waals surface area contributed by atoms with Crippen molar-refractivity contribution in [2.45, 2.75) is 23.2 Å². The van der Waals surface area contributed by atoms with E-state index >= 15 is 0 Å². The number of benzene rings is 1. The molecular weight excluding hydrogens is 322 g/mol. The first kappa shape index (κ1) is 16.6. The molecule has 2 rings (SSSR count). The fraction of sp³-hybridized carbons (Fsp3) is 0.538. The number of rotatable bonds is 4. The predicted molar refractivity (Wildman–Crippen MR) is 76.8 cm³/mol. The smallest absolute Gasteiger partial charge is 0.246 e. The van der Waals surface area contributed by atoms with E-state index in [-0.39, 0.29) is 6.04 Å². The SMILES string of the molecule is CN(C)C1CCN(S(=O)(=O)c2ccc(F)c(CCl)c2F)C1. The van der Waals surface area contributed by atoms with Crippen LogP contribution in [-0.4, -0.2) is 50.8 Å². The highest BCUT2D eigenvalue weighted by Crippen LogP contribution is 2.28. The Labute approximate surface area is 128 Å². The zero-order valence-corrected chi connectivity index (χ0v) is 13.4. The van der Waals surface area contributed by atoms with Gasteiger partial charge in [0.05, 0.1) is 5.88 Å². The summed E-state index contributed by atoms with van der Waals surface area (Å²) in [7, 11) is -0.247. The Kier molecular flexibility index (Phi) is 4.87. The normalized spacial score (nSPS) is 20.4. The molecule has 8 heteroatoms. The lowest BCUT2D eigenvalue weighted by molar-refractivity contribution is 0.302. The zero-order valence-electron chi connectivity index (χ0n) is 11.8. The molecule has 1 aromatic rings. The van der Waals surface area contributed by atoms with Crippen LogP contribution in [0.5, 0.6) is 0 Å². The van der Waals surface area contributed by atoms with Gasteiger partial charge in [0, 0.05) is 24.7 Å². The van der Waals surface area contributed by atoms with Crippen LogP contribution in [0.2, 0.25) is 0 Å². The summed E-state index contributed by atoms with van der Waals surface area (Å²) in [5, 5.41) is 0. The summed E-state index contributed by atoms with van der Waals surface area (Å²) in [4.78, 5) is 1.42. The highest BCUT2D eigenvalue weighted by Gasteiger charge is 2.35. The molecule has 0 bridgehead atoms. The number of sulfonamides is 1. The summed E-state index contributed by atoms with van der Waals surface area (Å²) in [6, 6.07) is 1.99. The third-order valence-corrected chi connectivity index (χ3v) is 5.91. The number of halogens is 3. The summed E-state index contributed by atoms with van der Waals surface area (Å²) >= 11 is 5.49. The van der Waals surface area contributed by atoms with Crippen molar-refractivity contribution in [3.05, 3.63) is 29.3 Å². The van der Waals surface area contributed by atoms with Gasteiger partial charge in [-0.15, -0.1) is 11.6 Å². The molecule has 21 heavy (non-hydrogen) atoms. The van der Waals surface area contributed by atoms with Crippen molar-refractivity contribution in [1.29, 1.82) is 0 Å². The maximum Gasteiger partial charge on any atom is 0.246 e. The van der Waals surface area contributed by atoms with Crippen LogP contribution in [0.1, 0.15) is 12.0 Å². The van der Waals surface area contributed by atoms with E-state index < -0.39 is 38.0 Å². The second-order valence-corrected chi connectivity index (χ2v) is 7.41. The molecule has 0 amide bonds. The van der Waals surface area contributed by atoms with Gasteiger partial charge in [-0.1, -0.05) is 0 Å². The molecule has 0 N–H and O–H groups in total. The second-order valence-electron chi connectivity index (χ2n) is 5.24. The molecule has 0 saturated carbocycles. The van der Waals surface area contributed by atoms with Gasteiger partial charge in [-0.2, -0.15) is 4.31 Å². The van der Waals surface area contributed by atoms with Crippen LogP contribution in [0.25, 0.3) is 0 Å². The highest BCUT2D eigenvalue weighted by molar-refractivity contribution is 7.89. The number of hydrogen-bond donors (Lipinski definition) is 0. The van der Waals surface area contributed by atoms with E-state index in [2.05, 4.69) is 0 Å². The van der Waals surface area contributed by atoms with E-state index in [1.807, 2.05) is 19.0 Å². The predicted octanol–water partition coefficient (Wildman–Crippen LogP) is 2.03. The van der Waals surface area contributed by atoms with Crippen molar-refractivity contribution >= 4 is 21.6 Å². The number of likely N-dealkylation sites (N-methyl/N-ethyl adjacent to an activating group) is 1. The monoisotopic (exact) mass is 338 g/mol. The van der Waals surface area contributed by atoms with E-state index in [1.165, 1.54) is 4.31 Å². The van der Waals surface area contributed by atoms with Gasteiger partial charge in [0.1, 0.15) is 10.7 Å². The first-order valence-corrected chi connectivity index (χ1v) is 8.46. The molecule has 4 nitrogen and oxygen atoms in total. The summed E-state index contributed by atoms with van der Waals surface area (Å²) in [5.41, 5.74) is -0.416. The number of alkyl halides is 1. The summed E-state index contributed by atoms with van der Waals surface area (Å²) in [6.45, 7) is 0.612. The maximum atomic E-state index is 14.2. The molecule has 1 unspecified atom stereocenters. The lowest BCUT2D eigenvalue weighted by atomic mass is 10.2. The molecular formula is C13H17ClF2N2O2S. The molecule has 118 valence electrons. The third-order valence-electron chi connectivity index (χ3n) is 3.76. The van der Waals surface area contributed by atoms with Crippen molar-refractivity contribution in [3.8, 4) is 0 Å². The van der Waals surface area contributed by atoms with Crippen molar-refractivity contribution in [1.82, 2.24) is 9.21 Å². The number of hydrogen-bond acceptors (Lipinski definition) is 3. The van der Waals surface area contributed by atoms with Gasteiger partial charge >= 0.3 is 0 Å². The topological polar surface area (TPSA) is 40.6 Å². The van der Waals surface area contributed by atoms with Crippen LogP contribution in [0, 0.1) is 11.6 Å². The first-order valence-electron chi connectivity index (χ1n) is 6.48. The van der Waals surface area contributed by atoms with E-state index in [1.54, 1.807) is 0 Å². The minimum atomic E-state index is -3.98. The molecule has 0 spiro atoms. The second kappa shape index (κ2) is 6.16. The Balaban J connectivity index is 2.38. The molecule has 1 aliphatic heterocycles. The van der Waals surface area contributed by atoms with Crippen molar-refractivity contribution < 1.29 is 17.2 Å². The molecule has 0 radical (unpaired) electrons. The van der Waals surface area contributed by atoms with Gasteiger partial charge < -0.3 is 4.90 Å². The molecule has 1 aromatic carbocycles. The average Bonchev–Trinajstić information content (AvgIpc) is 2.89. The van der Waals surface area contributed by atoms with Crippen LogP contribution in [-0.2, 0) is 15.9 Å². The molecule has 1 atom stereocenters. The Hall–Kier alpha value is -0.760. The van der Waals surface area contributed by atoms with Crippen LogP contribution in [0.3, 0.4) is 0 Å². The van der Waals surface area contributed by atoms with Gasteiger partial charge in [0.2, 0.25) is 10.0 Å². The van der Waals surface area contributed by atoms with Gasteiger partial charge in [0.15, 0.2) is 5.82 Å². The maximum absolute atomic E-state index is 14.2. The van der Waals surface area contributed by atoms with Gasteiger partial charge in [-0.25, -0.2) is 17.2 Å². The molecule has 1 fully saturated rings. The standard InChI is InChI=1S/C13H17ClF2N2O2S/c1-17(2)9-5-6-18(8-9)21(19,20)12-4-3-11(15)10(7-14)13(12)16/h3-4,9H,5-8H2,1-2H3. The third kappa shape index (κ3) is 3.06. The molecule has 0 aliphatic carbocycles. The summed E-state index contributed by atoms with van der Waals surface area (Å²) in [6.07, 6.45) is 0.678. The highest BCUT2D eigenvalue weighted by atomic mass is 35.5. The van der Waals surface area contributed by atoms with Crippen LogP contribution in [0.15, 0.2) is 17.0 Å². The van der Waals surface area contributed by atoms with Crippen LogP contribution >= 0.6 is 11.6 Å². The molecule has 1 aliphatic rings. The van der Waals surface area contributed by atoms with Gasteiger partial charge in [0.25, 0.3) is 0 Å².